The zero-order valence-corrected chi connectivity index (χ0v) is 54.5. The number of carbonyl (C=O) groups excluding carboxylic acids is 10. The van der Waals surface area contributed by atoms with E-state index in [4.69, 9.17) is 11.5 Å². The number of aromatic nitrogens is 3. The predicted octanol–water partition coefficient (Wildman–Crippen LogP) is -2.49. The number of nitrogens with two attached hydrogens (primary N) is 2. The summed E-state index contributed by atoms with van der Waals surface area (Å²) in [6.45, 7) is 10.8. The lowest BCUT2D eigenvalue weighted by Crippen LogP contribution is -2.62. The lowest BCUT2D eigenvalue weighted by Gasteiger charge is -2.31. The minimum absolute atomic E-state index is 0.104. The van der Waals surface area contributed by atoms with Crippen LogP contribution >= 0.6 is 0 Å². The number of benzene rings is 1. The number of nitrogens with zero attached hydrogens (tertiary/aromatic N) is 1. The van der Waals surface area contributed by atoms with Gasteiger partial charge in [-0.25, -0.2) is 9.78 Å². The van der Waals surface area contributed by atoms with Gasteiger partial charge in [-0.3, -0.25) is 67.1 Å². The van der Waals surface area contributed by atoms with Crippen LogP contribution in [-0.4, -0.2) is 202 Å². The summed E-state index contributed by atoms with van der Waals surface area (Å²) in [6.07, 6.45) is -0.331. The molecule has 1 aromatic carbocycles. The number of carboxylic acid groups (broad SMARTS) is 5. The number of carboxylic acids is 5. The van der Waals surface area contributed by atoms with Crippen LogP contribution in [0.4, 0.5) is 0 Å². The Morgan fingerprint density at radius 1 is 0.479 bits per heavy atom. The average Bonchev–Trinajstić information content (AvgIpc) is 1.61. The number of unbranched alkanes of at least 4 members (excludes halogenated alkanes) is 1. The van der Waals surface area contributed by atoms with Crippen LogP contribution in [0.15, 0.2) is 43.0 Å². The van der Waals surface area contributed by atoms with Gasteiger partial charge in [0, 0.05) is 54.7 Å². The van der Waals surface area contributed by atoms with E-state index < -0.39 is 206 Å². The first-order valence-corrected chi connectivity index (χ1v) is 31.3. The van der Waals surface area contributed by atoms with Crippen LogP contribution in [-0.2, 0) is 84.8 Å². The van der Waals surface area contributed by atoms with Crippen molar-refractivity contribution in [1.82, 2.24) is 68.1 Å². The third-order valence-electron chi connectivity index (χ3n) is 15.8. The Labute approximate surface area is 552 Å². The second-order valence-corrected chi connectivity index (χ2v) is 23.7. The zero-order valence-electron chi connectivity index (χ0n) is 54.5. The summed E-state index contributed by atoms with van der Waals surface area (Å²) >= 11 is 0. The van der Waals surface area contributed by atoms with E-state index in [1.807, 2.05) is 0 Å². The van der Waals surface area contributed by atoms with Gasteiger partial charge < -0.3 is 100 Å². The highest BCUT2D eigenvalue weighted by Crippen LogP contribution is 2.20. The fourth-order valence-corrected chi connectivity index (χ4v) is 9.69. The van der Waals surface area contributed by atoms with Crippen LogP contribution in [0.5, 0.6) is 0 Å². The third kappa shape index (κ3) is 26.4. The molecule has 96 heavy (non-hydrogen) atoms. The molecule has 0 aliphatic rings. The zero-order chi connectivity index (χ0) is 72.1. The summed E-state index contributed by atoms with van der Waals surface area (Å²) in [5, 5.41) is 73.4. The fraction of sp³-hybridized carbons (Fsp3) is 0.574. The van der Waals surface area contributed by atoms with Gasteiger partial charge in [0.2, 0.25) is 59.1 Å². The molecule has 0 radical (unpaired) electrons. The van der Waals surface area contributed by atoms with Gasteiger partial charge in [0.15, 0.2) is 0 Å². The normalized spacial score (nSPS) is 15.3. The molecule has 2 heterocycles. The van der Waals surface area contributed by atoms with Crippen LogP contribution in [0.2, 0.25) is 0 Å². The molecule has 3 aromatic rings. The standard InChI is InChI=1S/C61H91N15O20/c1-8-30(5)48(63)58(92)73-42(25-47(83)84)57(91)71-40(23-34-27-64-28-66-34)56(90)69-39(18-20-45(79)80)54(88)76-50(31(6)9-2)60(94)75-49(29(3)4)59(93)70-38(17-19-44(77)78)53(87)68-37(16-12-13-21-62)52(86)72-41(24-46(81)82)55(89)67-32(7)51(85)74-43(61(95)96)22-33-26-65-36-15-11-10-14-35(33)36/h10-11,14-15,26-32,37-43,48-50,65H,8-9,12-13,16-25,62-63H2,1-7H3,(H,64,66)(H,67,89)(H,68,87)(H,69,90)(H,70,93)(H,71,91)(H,72,86)(H,73,92)(H,74,85)(H,75,94)(H,76,88)(H,77,78)(H,79,80)(H,81,82)(H,83,84)(H,95,96)/t30-,31-,32-,37-,38-,39-,40-,41-,42-,43-,48-,49-,50-/m0/s1. The molecule has 0 unspecified atom stereocenters. The van der Waals surface area contributed by atoms with Crippen LogP contribution in [0, 0.1) is 17.8 Å². The van der Waals surface area contributed by atoms with E-state index in [9.17, 15) is 97.5 Å². The molecule has 530 valence electrons. The Balaban J connectivity index is 1.88. The van der Waals surface area contributed by atoms with E-state index in [2.05, 4.69) is 68.1 Å². The molecule has 0 aliphatic heterocycles. The van der Waals surface area contributed by atoms with Gasteiger partial charge in [-0.1, -0.05) is 72.6 Å². The number of imidazole rings is 1. The van der Waals surface area contributed by atoms with Crippen molar-refractivity contribution < 1.29 is 97.5 Å². The van der Waals surface area contributed by atoms with E-state index in [0.717, 1.165) is 0 Å². The summed E-state index contributed by atoms with van der Waals surface area (Å²) in [4.78, 5) is 209. The first-order valence-electron chi connectivity index (χ1n) is 31.3. The van der Waals surface area contributed by atoms with Crippen molar-refractivity contribution in [1.29, 1.82) is 0 Å². The van der Waals surface area contributed by atoms with Gasteiger partial charge in [-0.2, -0.15) is 0 Å². The third-order valence-corrected chi connectivity index (χ3v) is 15.8. The van der Waals surface area contributed by atoms with Gasteiger partial charge in [-0.15, -0.1) is 0 Å². The molecule has 10 amide bonds. The fourth-order valence-electron chi connectivity index (χ4n) is 9.69. The van der Waals surface area contributed by atoms with Crippen molar-refractivity contribution in [3.63, 3.8) is 0 Å². The number of amides is 10. The molecule has 2 aromatic heterocycles. The van der Waals surface area contributed by atoms with Crippen LogP contribution in [0.25, 0.3) is 10.9 Å². The molecule has 13 atom stereocenters. The number of hydrogen-bond donors (Lipinski definition) is 19. The van der Waals surface area contributed by atoms with E-state index in [0.29, 0.717) is 22.9 Å². The molecule has 0 spiro atoms. The van der Waals surface area contributed by atoms with Gasteiger partial charge in [-0.05, 0) is 75.0 Å². The lowest BCUT2D eigenvalue weighted by molar-refractivity contribution is -0.143. The Hall–Kier alpha value is -10.1. The number of rotatable bonds is 44. The second kappa shape index (κ2) is 39.6. The first-order chi connectivity index (χ1) is 45.2. The van der Waals surface area contributed by atoms with Gasteiger partial charge in [0.05, 0.1) is 25.2 Å². The predicted molar refractivity (Wildman–Crippen MR) is 340 cm³/mol. The topological polar surface area (TPSA) is 574 Å². The number of aliphatic carboxylic acids is 5. The highest BCUT2D eigenvalue weighted by molar-refractivity contribution is 6.00. The van der Waals surface area contributed by atoms with Crippen molar-refractivity contribution >= 4 is 99.8 Å². The number of aromatic amines is 2. The number of hydrogen-bond acceptors (Lipinski definition) is 18. The highest BCUT2D eigenvalue weighted by atomic mass is 16.4. The number of fused-ring (bicyclic) bond motifs is 1. The molecular formula is C61H91N15O20. The molecule has 0 aliphatic carbocycles. The van der Waals surface area contributed by atoms with Crippen LogP contribution in [0.1, 0.15) is 130 Å². The summed E-state index contributed by atoms with van der Waals surface area (Å²) in [7, 11) is 0. The molecule has 35 heteroatoms. The Kier molecular flexibility index (Phi) is 33.1. The maximum Gasteiger partial charge on any atom is 0.326 e. The van der Waals surface area contributed by atoms with E-state index in [1.54, 1.807) is 51.2 Å². The molecule has 0 saturated carbocycles. The SMILES string of the molecule is CC[C@H](C)[C@H](N)C(=O)N[C@@H](CC(=O)O)C(=O)N[C@@H](Cc1cnc[nH]1)C(=O)N[C@@H](CCC(=O)O)C(=O)N[C@H](C(=O)N[C@H](C(=O)N[C@@H](CCC(=O)O)C(=O)N[C@@H](CCCCN)C(=O)N[C@@H](CC(=O)O)C(=O)N[C@@H](C)C(=O)N[C@@H](Cc1c[nH]c2ccccc12)C(=O)O)C(C)C)[C@@H](C)CC. The summed E-state index contributed by atoms with van der Waals surface area (Å²) < 4.78 is 0. The number of nitrogens with one attached hydrogen (secondary N) is 12. The largest absolute Gasteiger partial charge is 0.481 e. The summed E-state index contributed by atoms with van der Waals surface area (Å²) in [6, 6.07) is -10.8. The van der Waals surface area contributed by atoms with Crippen molar-refractivity contribution in [3.8, 4) is 0 Å². The van der Waals surface area contributed by atoms with E-state index in [1.165, 1.54) is 40.2 Å². The first kappa shape index (κ1) is 80.2. The van der Waals surface area contributed by atoms with Crippen LogP contribution in [0.3, 0.4) is 0 Å². The quantitative estimate of drug-likeness (QED) is 0.0261. The minimum atomic E-state index is -1.92. The minimum Gasteiger partial charge on any atom is -0.481 e. The van der Waals surface area contributed by atoms with Gasteiger partial charge in [0.1, 0.15) is 60.4 Å². The molecule has 0 fully saturated rings. The number of para-hydroxylation sites is 1. The Morgan fingerprint density at radius 2 is 0.938 bits per heavy atom. The molecule has 35 nitrogen and oxygen atoms in total. The maximum absolute atomic E-state index is 14.4. The van der Waals surface area contributed by atoms with Crippen molar-refractivity contribution in [2.75, 3.05) is 6.54 Å². The molecule has 3 rings (SSSR count). The van der Waals surface area contributed by atoms with Crippen molar-refractivity contribution in [3.05, 3.63) is 54.2 Å². The van der Waals surface area contributed by atoms with E-state index >= 15 is 0 Å². The monoisotopic (exact) mass is 1350 g/mol. The Morgan fingerprint density at radius 3 is 1.45 bits per heavy atom. The smallest absolute Gasteiger partial charge is 0.326 e. The second-order valence-electron chi connectivity index (χ2n) is 23.7. The summed E-state index contributed by atoms with van der Waals surface area (Å²) in [5.74, 6) is -20.2. The number of H-pyrrole nitrogens is 2. The summed E-state index contributed by atoms with van der Waals surface area (Å²) in [5.41, 5.74) is 13.2. The molecule has 0 saturated heterocycles. The van der Waals surface area contributed by atoms with Crippen molar-refractivity contribution in [2.24, 2.45) is 29.2 Å². The Bertz CT molecular complexity index is 3210. The van der Waals surface area contributed by atoms with Gasteiger partial charge in [0.25, 0.3) is 0 Å². The number of carbonyl (C=O) groups is 15. The molecular weight excluding hydrogens is 1260 g/mol. The van der Waals surface area contributed by atoms with Crippen molar-refractivity contribution in [2.45, 2.75) is 198 Å². The van der Waals surface area contributed by atoms with E-state index in [-0.39, 0.29) is 56.7 Å². The molecule has 21 N–H and O–H groups in total. The average molecular weight is 1350 g/mol. The lowest BCUT2D eigenvalue weighted by atomic mass is 9.95. The van der Waals surface area contributed by atoms with Crippen LogP contribution < -0.4 is 64.6 Å². The highest BCUT2D eigenvalue weighted by Gasteiger charge is 2.39. The molecule has 0 bridgehead atoms. The van der Waals surface area contributed by atoms with Gasteiger partial charge >= 0.3 is 29.8 Å². The maximum atomic E-state index is 14.4.